The summed E-state index contributed by atoms with van der Waals surface area (Å²) in [6, 6.07) is 6.23. The molecule has 1 aromatic carbocycles. The number of carbonyl (C=O) groups is 1. The Kier molecular flexibility index (Phi) is 6.90. The van der Waals surface area contributed by atoms with Crippen molar-refractivity contribution in [3.8, 4) is 0 Å². The van der Waals surface area contributed by atoms with Crippen molar-refractivity contribution in [2.24, 2.45) is 0 Å². The van der Waals surface area contributed by atoms with Crippen LogP contribution in [-0.4, -0.2) is 34.2 Å². The average Bonchev–Trinajstić information content (AvgIpc) is 2.93. The van der Waals surface area contributed by atoms with Crippen molar-refractivity contribution in [3.05, 3.63) is 45.6 Å². The summed E-state index contributed by atoms with van der Waals surface area (Å²) < 4.78 is 4.33. The van der Waals surface area contributed by atoms with Crippen LogP contribution in [0.15, 0.2) is 28.9 Å². The Hall–Kier alpha value is -2.72. The molecule has 2 rings (SSSR count). The largest absolute Gasteiger partial charge is 0.379 e. The lowest BCUT2D eigenvalue weighted by molar-refractivity contribution is -0.384. The van der Waals surface area contributed by atoms with Crippen molar-refractivity contribution in [2.45, 2.75) is 6.54 Å². The fraction of sp³-hybridized carbons (Fsp3) is 0.250. The summed E-state index contributed by atoms with van der Waals surface area (Å²) in [5.74, 6) is -0.521. The molecule has 124 valence electrons. The minimum Gasteiger partial charge on any atom is -0.379 e. The number of nitro groups is 1. The molecule has 0 bridgehead atoms. The van der Waals surface area contributed by atoms with E-state index in [1.165, 1.54) is 12.1 Å². The average molecular weight is 343 g/mol. The number of rotatable bonds is 7. The van der Waals surface area contributed by atoms with Crippen LogP contribution in [0.25, 0.3) is 0 Å². The fourth-order valence-electron chi connectivity index (χ4n) is 1.67. The van der Waals surface area contributed by atoms with Gasteiger partial charge in [0.05, 0.1) is 4.92 Å². The van der Waals surface area contributed by atoms with E-state index in [4.69, 9.17) is 5.73 Å². The summed E-state index contributed by atoms with van der Waals surface area (Å²) in [7, 11) is 0. The molecule has 0 aliphatic heterocycles. The molecule has 0 atom stereocenters. The lowest BCUT2D eigenvalue weighted by Crippen LogP contribution is -2.32. The van der Waals surface area contributed by atoms with Crippen LogP contribution >= 0.6 is 12.4 Å². The predicted molar refractivity (Wildman–Crippen MR) is 83.1 cm³/mol. The smallest absolute Gasteiger partial charge is 0.277 e. The van der Waals surface area contributed by atoms with Crippen molar-refractivity contribution in [1.82, 2.24) is 20.9 Å². The fourth-order valence-corrected chi connectivity index (χ4v) is 1.67. The maximum absolute atomic E-state index is 11.6. The highest BCUT2D eigenvalue weighted by Gasteiger charge is 2.14. The molecule has 23 heavy (non-hydrogen) atoms. The van der Waals surface area contributed by atoms with Gasteiger partial charge in [-0.05, 0) is 15.9 Å². The van der Waals surface area contributed by atoms with Crippen LogP contribution in [0.4, 0.5) is 11.5 Å². The van der Waals surface area contributed by atoms with E-state index in [-0.39, 0.29) is 29.6 Å². The first-order chi connectivity index (χ1) is 10.6. The highest BCUT2D eigenvalue weighted by Crippen LogP contribution is 2.11. The number of anilines is 1. The molecular weight excluding hydrogens is 328 g/mol. The Bertz CT molecular complexity index is 660. The maximum atomic E-state index is 11.6. The summed E-state index contributed by atoms with van der Waals surface area (Å²) in [5.41, 5.74) is 6.30. The van der Waals surface area contributed by atoms with Gasteiger partial charge in [0, 0.05) is 31.8 Å². The van der Waals surface area contributed by atoms with Crippen LogP contribution in [0.5, 0.6) is 0 Å². The molecule has 0 fully saturated rings. The standard InChI is InChI=1S/C12H14N6O4.ClH/c13-11-10(16-22-17-11)12(19)15-6-5-14-7-8-1-3-9(4-2-8)18(20)21;/h1-4,14H,5-7H2,(H2,13,17)(H,15,19);1H. The van der Waals surface area contributed by atoms with Crippen LogP contribution in [-0.2, 0) is 6.54 Å². The third-order valence-corrected chi connectivity index (χ3v) is 2.79. The Morgan fingerprint density at radius 3 is 2.52 bits per heavy atom. The number of amides is 1. The molecule has 0 saturated heterocycles. The number of aromatic nitrogens is 2. The van der Waals surface area contributed by atoms with Gasteiger partial charge in [-0.25, -0.2) is 4.63 Å². The van der Waals surface area contributed by atoms with Crippen molar-refractivity contribution in [3.63, 3.8) is 0 Å². The summed E-state index contributed by atoms with van der Waals surface area (Å²) in [4.78, 5) is 21.7. The molecule has 10 nitrogen and oxygen atoms in total. The normalized spacial score (nSPS) is 9.91. The van der Waals surface area contributed by atoms with Crippen molar-refractivity contribution in [1.29, 1.82) is 0 Å². The van der Waals surface area contributed by atoms with Gasteiger partial charge in [-0.2, -0.15) is 0 Å². The molecule has 11 heteroatoms. The number of nitrogens with two attached hydrogens (primary N) is 1. The van der Waals surface area contributed by atoms with Crippen LogP contribution in [0.3, 0.4) is 0 Å². The van der Waals surface area contributed by atoms with E-state index in [1.54, 1.807) is 12.1 Å². The first kappa shape index (κ1) is 18.3. The van der Waals surface area contributed by atoms with Gasteiger partial charge in [-0.3, -0.25) is 14.9 Å². The van der Waals surface area contributed by atoms with E-state index in [2.05, 4.69) is 25.6 Å². The van der Waals surface area contributed by atoms with Gasteiger partial charge in [0.25, 0.3) is 11.6 Å². The number of nitrogen functional groups attached to an aromatic ring is 1. The van der Waals surface area contributed by atoms with Gasteiger partial charge in [0.2, 0.25) is 11.5 Å². The first-order valence-electron chi connectivity index (χ1n) is 6.38. The molecule has 0 radical (unpaired) electrons. The van der Waals surface area contributed by atoms with E-state index in [0.717, 1.165) is 5.56 Å². The SMILES string of the molecule is Cl.Nc1nonc1C(=O)NCCNCc1ccc([N+](=O)[O-])cc1. The van der Waals surface area contributed by atoms with Crippen LogP contribution in [0.2, 0.25) is 0 Å². The van der Waals surface area contributed by atoms with E-state index in [1.807, 2.05) is 0 Å². The van der Waals surface area contributed by atoms with E-state index >= 15 is 0 Å². The van der Waals surface area contributed by atoms with Crippen molar-refractivity contribution < 1.29 is 14.3 Å². The molecule has 0 saturated carbocycles. The maximum Gasteiger partial charge on any atom is 0.277 e. The van der Waals surface area contributed by atoms with Crippen LogP contribution in [0.1, 0.15) is 16.1 Å². The molecule has 0 aliphatic rings. The van der Waals surface area contributed by atoms with Gasteiger partial charge in [0.15, 0.2) is 0 Å². The van der Waals surface area contributed by atoms with Crippen molar-refractivity contribution >= 4 is 29.8 Å². The highest BCUT2D eigenvalue weighted by atomic mass is 35.5. The summed E-state index contributed by atoms with van der Waals surface area (Å²) in [6.07, 6.45) is 0. The second-order valence-electron chi connectivity index (χ2n) is 4.35. The molecule has 1 aromatic heterocycles. The topological polar surface area (TPSA) is 149 Å². The van der Waals surface area contributed by atoms with Gasteiger partial charge in [0.1, 0.15) is 0 Å². The van der Waals surface area contributed by atoms with Gasteiger partial charge in [-0.1, -0.05) is 12.1 Å². The molecule has 0 unspecified atom stereocenters. The summed E-state index contributed by atoms with van der Waals surface area (Å²) in [5, 5.41) is 22.9. The zero-order chi connectivity index (χ0) is 15.9. The van der Waals surface area contributed by atoms with E-state index < -0.39 is 10.8 Å². The molecule has 4 N–H and O–H groups in total. The number of benzene rings is 1. The third kappa shape index (κ3) is 5.20. The number of hydrogen-bond acceptors (Lipinski definition) is 8. The zero-order valence-corrected chi connectivity index (χ0v) is 12.7. The number of nitro benzene ring substituents is 1. The van der Waals surface area contributed by atoms with Crippen molar-refractivity contribution in [2.75, 3.05) is 18.8 Å². The Balaban J connectivity index is 0.00000264. The monoisotopic (exact) mass is 342 g/mol. The van der Waals surface area contributed by atoms with Gasteiger partial charge < -0.3 is 16.4 Å². The number of nitrogens with one attached hydrogen (secondary N) is 2. The van der Waals surface area contributed by atoms with Crippen LogP contribution < -0.4 is 16.4 Å². The molecule has 1 heterocycles. The molecule has 0 spiro atoms. The van der Waals surface area contributed by atoms with E-state index in [9.17, 15) is 14.9 Å². The number of hydrogen-bond donors (Lipinski definition) is 3. The Labute approximate surface area is 136 Å². The number of halogens is 1. The first-order valence-corrected chi connectivity index (χ1v) is 6.38. The molecule has 2 aromatic rings. The number of carbonyl (C=O) groups excluding carboxylic acids is 1. The van der Waals surface area contributed by atoms with Gasteiger partial charge >= 0.3 is 0 Å². The second-order valence-corrected chi connectivity index (χ2v) is 4.35. The Morgan fingerprint density at radius 2 is 1.96 bits per heavy atom. The highest BCUT2D eigenvalue weighted by molar-refractivity contribution is 5.95. The van der Waals surface area contributed by atoms with Gasteiger partial charge in [-0.15, -0.1) is 12.4 Å². The lowest BCUT2D eigenvalue weighted by atomic mass is 10.2. The third-order valence-electron chi connectivity index (χ3n) is 2.79. The molecule has 0 aliphatic carbocycles. The Morgan fingerprint density at radius 1 is 1.26 bits per heavy atom. The molecular formula is C12H15ClN6O4. The zero-order valence-electron chi connectivity index (χ0n) is 11.9. The number of nitrogens with zero attached hydrogens (tertiary/aromatic N) is 3. The lowest BCUT2D eigenvalue weighted by Gasteiger charge is -2.06. The number of non-ortho nitro benzene ring substituents is 1. The van der Waals surface area contributed by atoms with E-state index in [0.29, 0.717) is 19.6 Å². The quantitative estimate of drug-likeness (QED) is 0.374. The summed E-state index contributed by atoms with van der Waals surface area (Å²) in [6.45, 7) is 1.40. The minimum absolute atomic E-state index is 0. The second kappa shape index (κ2) is 8.66. The summed E-state index contributed by atoms with van der Waals surface area (Å²) >= 11 is 0. The molecule has 1 amide bonds. The predicted octanol–water partition coefficient (Wildman–Crippen LogP) is 0.501. The minimum atomic E-state index is -0.462. The van der Waals surface area contributed by atoms with Crippen LogP contribution in [0, 0.1) is 10.1 Å².